The van der Waals surface area contributed by atoms with Crippen LogP contribution in [0.2, 0.25) is 0 Å². The average Bonchev–Trinajstić information content (AvgIpc) is 3.77. The third kappa shape index (κ3) is 5.03. The predicted molar refractivity (Wildman–Crippen MR) is 230 cm³/mol. The molecule has 1 aromatic heterocycles. The van der Waals surface area contributed by atoms with Crippen molar-refractivity contribution in [3.63, 3.8) is 0 Å². The number of hydrogen-bond acceptors (Lipinski definition) is 3. The van der Waals surface area contributed by atoms with Crippen molar-refractivity contribution in [2.24, 2.45) is 0 Å². The number of benzene rings is 8. The van der Waals surface area contributed by atoms with E-state index in [9.17, 15) is 0 Å². The molecular formula is C53H32N4. The molecule has 0 N–H and O–H groups in total. The number of aromatic nitrogens is 3. The molecule has 4 nitrogen and oxygen atoms in total. The minimum atomic E-state index is -0.525. The van der Waals surface area contributed by atoms with Crippen LogP contribution in [-0.2, 0) is 5.41 Å². The molecule has 0 fully saturated rings. The van der Waals surface area contributed by atoms with E-state index in [1.54, 1.807) is 0 Å². The zero-order valence-electron chi connectivity index (χ0n) is 30.8. The lowest BCUT2D eigenvalue weighted by Gasteiger charge is -2.31. The Morgan fingerprint density at radius 3 is 1.32 bits per heavy atom. The Balaban J connectivity index is 1.02. The van der Waals surface area contributed by atoms with Crippen LogP contribution in [0.5, 0.6) is 0 Å². The molecule has 1 spiro atoms. The first-order chi connectivity index (χ1) is 28.2. The fourth-order valence-electron chi connectivity index (χ4n) is 9.05. The standard InChI is InChI=1S/C53H32N4/c1-54-48-22-12-21-46-49(48)43-32-31-40(33-47(43)53(46)44-19-10-8-17-41(44)42-18-9-11-20-45(42)53)36-25-29-39(30-26-36)52-56-50(37-15-6-3-7-16-37)55-51(57-52)38-27-23-35(24-28-38)34-13-4-2-5-14-34/h2-33H. The summed E-state index contributed by atoms with van der Waals surface area (Å²) >= 11 is 0. The number of hydrogen-bond donors (Lipinski definition) is 0. The normalized spacial score (nSPS) is 12.7. The third-order valence-corrected chi connectivity index (χ3v) is 11.6. The highest BCUT2D eigenvalue weighted by Gasteiger charge is 2.52. The molecule has 264 valence electrons. The molecule has 0 aliphatic heterocycles. The second-order valence-electron chi connectivity index (χ2n) is 14.6. The van der Waals surface area contributed by atoms with Crippen LogP contribution >= 0.6 is 0 Å². The van der Waals surface area contributed by atoms with Gasteiger partial charge in [-0.25, -0.2) is 19.8 Å². The van der Waals surface area contributed by atoms with E-state index in [2.05, 4.69) is 150 Å². The highest BCUT2D eigenvalue weighted by atomic mass is 15.0. The van der Waals surface area contributed by atoms with Gasteiger partial charge in [0.15, 0.2) is 23.2 Å². The Labute approximate surface area is 331 Å². The summed E-state index contributed by atoms with van der Waals surface area (Å²) in [4.78, 5) is 19.0. The van der Waals surface area contributed by atoms with Crippen molar-refractivity contribution in [1.82, 2.24) is 15.0 Å². The van der Waals surface area contributed by atoms with Crippen molar-refractivity contribution in [2.75, 3.05) is 0 Å². The first-order valence-corrected chi connectivity index (χ1v) is 19.1. The minimum Gasteiger partial charge on any atom is -0.238 e. The average molecular weight is 725 g/mol. The molecule has 9 aromatic rings. The van der Waals surface area contributed by atoms with Gasteiger partial charge >= 0.3 is 0 Å². The largest absolute Gasteiger partial charge is 0.238 e. The maximum Gasteiger partial charge on any atom is 0.195 e. The minimum absolute atomic E-state index is 0.525. The fourth-order valence-corrected chi connectivity index (χ4v) is 9.05. The lowest BCUT2D eigenvalue weighted by atomic mass is 9.70. The predicted octanol–water partition coefficient (Wildman–Crippen LogP) is 13.1. The van der Waals surface area contributed by atoms with E-state index in [-0.39, 0.29) is 0 Å². The van der Waals surface area contributed by atoms with E-state index in [0.717, 1.165) is 44.5 Å². The topological polar surface area (TPSA) is 43.0 Å². The molecule has 2 aliphatic rings. The molecule has 0 amide bonds. The monoisotopic (exact) mass is 724 g/mol. The summed E-state index contributed by atoms with van der Waals surface area (Å²) in [5.74, 6) is 1.87. The Hall–Kier alpha value is -7.74. The van der Waals surface area contributed by atoms with Gasteiger partial charge in [0.1, 0.15) is 0 Å². The van der Waals surface area contributed by atoms with Crippen molar-refractivity contribution in [3.05, 3.63) is 228 Å². The van der Waals surface area contributed by atoms with Gasteiger partial charge in [-0.15, -0.1) is 0 Å². The molecule has 2 aliphatic carbocycles. The third-order valence-electron chi connectivity index (χ3n) is 11.6. The molecule has 1 heterocycles. The molecule has 57 heavy (non-hydrogen) atoms. The SMILES string of the molecule is [C-]#[N+]c1cccc2c1-c1ccc(-c3ccc(-c4nc(-c5ccccc5)nc(-c5ccc(-c6ccccc6)cc5)n4)cc3)cc1C21c2ccccc2-c2ccccc21. The van der Waals surface area contributed by atoms with Gasteiger partial charge in [-0.2, -0.15) is 0 Å². The van der Waals surface area contributed by atoms with Crippen LogP contribution in [-0.4, -0.2) is 15.0 Å². The second kappa shape index (κ2) is 12.9. The zero-order valence-corrected chi connectivity index (χ0v) is 30.8. The number of fused-ring (bicyclic) bond motifs is 10. The highest BCUT2D eigenvalue weighted by molar-refractivity contribution is 5.99. The summed E-state index contributed by atoms with van der Waals surface area (Å²) in [6.07, 6.45) is 0. The molecule has 4 heteroatoms. The van der Waals surface area contributed by atoms with Crippen molar-refractivity contribution in [3.8, 4) is 78.7 Å². The highest BCUT2D eigenvalue weighted by Crippen LogP contribution is 2.64. The van der Waals surface area contributed by atoms with Crippen LogP contribution in [0.25, 0.3) is 83.5 Å². The molecular weight excluding hydrogens is 693 g/mol. The zero-order chi connectivity index (χ0) is 37.9. The van der Waals surface area contributed by atoms with E-state index in [4.69, 9.17) is 21.5 Å². The van der Waals surface area contributed by atoms with Gasteiger partial charge in [0.2, 0.25) is 0 Å². The van der Waals surface area contributed by atoms with Crippen molar-refractivity contribution >= 4 is 5.69 Å². The molecule has 0 saturated carbocycles. The van der Waals surface area contributed by atoms with Crippen LogP contribution in [0.1, 0.15) is 22.3 Å². The van der Waals surface area contributed by atoms with Gasteiger partial charge in [-0.3, -0.25) is 0 Å². The summed E-state index contributed by atoms with van der Waals surface area (Å²) < 4.78 is 0. The first-order valence-electron chi connectivity index (χ1n) is 19.1. The summed E-state index contributed by atoms with van der Waals surface area (Å²) in [5.41, 5.74) is 17.0. The number of rotatable bonds is 5. The van der Waals surface area contributed by atoms with Crippen LogP contribution in [0.4, 0.5) is 5.69 Å². The van der Waals surface area contributed by atoms with Crippen LogP contribution in [0.3, 0.4) is 0 Å². The number of nitrogens with zero attached hydrogens (tertiary/aromatic N) is 4. The molecule has 0 saturated heterocycles. The molecule has 8 aromatic carbocycles. The molecule has 0 unspecified atom stereocenters. The Kier molecular flexibility index (Phi) is 7.42. The quantitative estimate of drug-likeness (QED) is 0.166. The lowest BCUT2D eigenvalue weighted by Crippen LogP contribution is -2.25. The molecule has 0 radical (unpaired) electrons. The maximum absolute atomic E-state index is 8.15. The smallest absolute Gasteiger partial charge is 0.195 e. The van der Waals surface area contributed by atoms with Crippen LogP contribution in [0.15, 0.2) is 194 Å². The van der Waals surface area contributed by atoms with E-state index < -0.39 is 5.41 Å². The fraction of sp³-hybridized carbons (Fsp3) is 0.0189. The molecule has 11 rings (SSSR count). The van der Waals surface area contributed by atoms with Crippen LogP contribution < -0.4 is 0 Å². The summed E-state index contributed by atoms with van der Waals surface area (Å²) in [5, 5.41) is 0. The van der Waals surface area contributed by atoms with Gasteiger partial charge in [0.25, 0.3) is 0 Å². The Morgan fingerprint density at radius 1 is 0.333 bits per heavy atom. The van der Waals surface area contributed by atoms with Gasteiger partial charge in [0, 0.05) is 16.7 Å². The summed E-state index contributed by atoms with van der Waals surface area (Å²) in [6, 6.07) is 67.9. The van der Waals surface area contributed by atoms with Gasteiger partial charge in [0.05, 0.1) is 12.0 Å². The lowest BCUT2D eigenvalue weighted by molar-refractivity contribution is 0.794. The van der Waals surface area contributed by atoms with Crippen molar-refractivity contribution < 1.29 is 0 Å². The van der Waals surface area contributed by atoms with Crippen molar-refractivity contribution in [1.29, 1.82) is 0 Å². The van der Waals surface area contributed by atoms with Crippen LogP contribution in [0, 0.1) is 6.57 Å². The second-order valence-corrected chi connectivity index (χ2v) is 14.6. The van der Waals surface area contributed by atoms with E-state index >= 15 is 0 Å². The molecule has 0 bridgehead atoms. The Bertz CT molecular complexity index is 3010. The molecule has 0 atom stereocenters. The van der Waals surface area contributed by atoms with E-state index in [1.165, 1.54) is 38.9 Å². The Morgan fingerprint density at radius 2 is 0.754 bits per heavy atom. The van der Waals surface area contributed by atoms with E-state index in [1.807, 2.05) is 48.5 Å². The first kappa shape index (κ1) is 32.7. The maximum atomic E-state index is 8.15. The van der Waals surface area contributed by atoms with Gasteiger partial charge in [-0.1, -0.05) is 188 Å². The summed E-state index contributed by atoms with van der Waals surface area (Å²) in [6.45, 7) is 8.15. The van der Waals surface area contributed by atoms with Gasteiger partial charge in [-0.05, 0) is 72.8 Å². The van der Waals surface area contributed by atoms with E-state index in [0.29, 0.717) is 23.2 Å². The van der Waals surface area contributed by atoms with Gasteiger partial charge < -0.3 is 0 Å². The van der Waals surface area contributed by atoms with Crippen molar-refractivity contribution in [2.45, 2.75) is 5.41 Å². The summed E-state index contributed by atoms with van der Waals surface area (Å²) in [7, 11) is 0.